The first-order valence-corrected chi connectivity index (χ1v) is 7.51. The average molecular weight is 304 g/mol. The van der Waals surface area contributed by atoms with Gasteiger partial charge in [-0.25, -0.2) is 0 Å². The number of ether oxygens (including phenoxy) is 1. The van der Waals surface area contributed by atoms with Gasteiger partial charge in [0.05, 0.1) is 25.3 Å². The van der Waals surface area contributed by atoms with Crippen molar-refractivity contribution in [2.45, 2.75) is 20.4 Å². The first kappa shape index (κ1) is 16.3. The molecule has 2 heterocycles. The minimum Gasteiger partial charge on any atom is -0.469 e. The van der Waals surface area contributed by atoms with Crippen LogP contribution in [0.25, 0.3) is 0 Å². The maximum atomic E-state index is 11.8. The molecule has 2 atom stereocenters. The number of guanidine groups is 1. The number of likely N-dealkylation sites (tertiary alicyclic amines) is 1. The quantitative estimate of drug-likeness (QED) is 0.516. The highest BCUT2D eigenvalue weighted by molar-refractivity contribution is 5.82. The van der Waals surface area contributed by atoms with E-state index in [4.69, 9.17) is 4.74 Å². The van der Waals surface area contributed by atoms with Gasteiger partial charge in [0.1, 0.15) is 0 Å². The molecule has 1 saturated heterocycles. The zero-order valence-corrected chi connectivity index (χ0v) is 13.7. The Bertz CT molecular complexity index is 559. The second-order valence-corrected chi connectivity index (χ2v) is 5.68. The minimum absolute atomic E-state index is 0.0966. The van der Waals surface area contributed by atoms with Gasteiger partial charge in [0.15, 0.2) is 5.96 Å². The van der Waals surface area contributed by atoms with Crippen LogP contribution in [0.1, 0.15) is 18.3 Å². The Morgan fingerprint density at radius 1 is 1.50 bits per heavy atom. The molecule has 1 N–H and O–H groups in total. The van der Waals surface area contributed by atoms with Gasteiger partial charge >= 0.3 is 5.97 Å². The zero-order valence-electron chi connectivity index (χ0n) is 13.7. The molecule has 0 bridgehead atoms. The van der Waals surface area contributed by atoms with Gasteiger partial charge < -0.3 is 15.0 Å². The summed E-state index contributed by atoms with van der Waals surface area (Å²) < 4.78 is 4.87. The molecule has 0 saturated carbocycles. The molecule has 2 unspecified atom stereocenters. The lowest BCUT2D eigenvalue weighted by molar-refractivity contribution is -0.145. The highest BCUT2D eigenvalue weighted by Gasteiger charge is 2.36. The largest absolute Gasteiger partial charge is 0.469 e. The van der Waals surface area contributed by atoms with Crippen molar-refractivity contribution in [2.24, 2.45) is 16.8 Å². The van der Waals surface area contributed by atoms with Gasteiger partial charge in [-0.2, -0.15) is 0 Å². The number of nitrogens with one attached hydrogen (secondary N) is 1. The molecule has 0 spiro atoms. The molecule has 0 radical (unpaired) electrons. The molecule has 1 aromatic heterocycles. The maximum absolute atomic E-state index is 11.8. The van der Waals surface area contributed by atoms with Crippen molar-refractivity contribution in [3.05, 3.63) is 29.6 Å². The lowest BCUT2D eigenvalue weighted by Gasteiger charge is -2.21. The Labute approximate surface area is 131 Å². The van der Waals surface area contributed by atoms with Crippen LogP contribution >= 0.6 is 0 Å². The van der Waals surface area contributed by atoms with Gasteiger partial charge in [-0.1, -0.05) is 13.0 Å². The van der Waals surface area contributed by atoms with E-state index in [1.807, 2.05) is 25.1 Å². The molecular weight excluding hydrogens is 280 g/mol. The molecule has 1 fully saturated rings. The number of esters is 1. The highest BCUT2D eigenvalue weighted by Crippen LogP contribution is 2.24. The van der Waals surface area contributed by atoms with Crippen LogP contribution in [0.3, 0.4) is 0 Å². The number of pyridine rings is 1. The summed E-state index contributed by atoms with van der Waals surface area (Å²) in [4.78, 5) is 22.7. The van der Waals surface area contributed by atoms with Crippen molar-refractivity contribution in [3.8, 4) is 0 Å². The molecular formula is C16H24N4O2. The molecule has 0 amide bonds. The summed E-state index contributed by atoms with van der Waals surface area (Å²) in [6, 6.07) is 5.95. The standard InChI is InChI=1S/C16H24N4O2/c1-11-9-20(10-14(11)15(21)22-4)16(17-3)18-8-13-7-5-6-12(2)19-13/h5-7,11,14H,8-10H2,1-4H3,(H,17,18). The molecule has 1 aliphatic rings. The topological polar surface area (TPSA) is 66.8 Å². The summed E-state index contributed by atoms with van der Waals surface area (Å²) in [7, 11) is 3.19. The minimum atomic E-state index is -0.147. The normalized spacial score (nSPS) is 21.8. The second-order valence-electron chi connectivity index (χ2n) is 5.68. The van der Waals surface area contributed by atoms with E-state index in [-0.39, 0.29) is 17.8 Å². The van der Waals surface area contributed by atoms with Crippen LogP contribution in [0.4, 0.5) is 0 Å². The van der Waals surface area contributed by atoms with E-state index in [2.05, 4.69) is 27.1 Å². The molecule has 2 rings (SSSR count). The number of hydrogen-bond acceptors (Lipinski definition) is 4. The number of carbonyl (C=O) groups is 1. The number of methoxy groups -OCH3 is 1. The van der Waals surface area contributed by atoms with Gasteiger partial charge in [-0.15, -0.1) is 0 Å². The van der Waals surface area contributed by atoms with E-state index in [1.54, 1.807) is 7.05 Å². The van der Waals surface area contributed by atoms with Crippen LogP contribution < -0.4 is 5.32 Å². The monoisotopic (exact) mass is 304 g/mol. The second kappa shape index (κ2) is 7.24. The SMILES string of the molecule is CN=C(NCc1cccc(C)n1)N1CC(C)C(C(=O)OC)C1. The predicted octanol–water partition coefficient (Wildman–Crippen LogP) is 1.21. The third-order valence-corrected chi connectivity index (χ3v) is 4.00. The molecule has 6 nitrogen and oxygen atoms in total. The molecule has 1 aromatic rings. The number of aromatic nitrogens is 1. The summed E-state index contributed by atoms with van der Waals surface area (Å²) in [5, 5.41) is 3.31. The molecule has 120 valence electrons. The highest BCUT2D eigenvalue weighted by atomic mass is 16.5. The molecule has 1 aliphatic heterocycles. The van der Waals surface area contributed by atoms with Crippen molar-refractivity contribution in [1.29, 1.82) is 0 Å². The maximum Gasteiger partial charge on any atom is 0.310 e. The van der Waals surface area contributed by atoms with E-state index in [9.17, 15) is 4.79 Å². The summed E-state index contributed by atoms with van der Waals surface area (Å²) >= 11 is 0. The number of aryl methyl sites for hydroxylation is 1. The number of nitrogens with zero attached hydrogens (tertiary/aromatic N) is 3. The summed E-state index contributed by atoms with van der Waals surface area (Å²) in [6.45, 7) is 6.08. The Kier molecular flexibility index (Phi) is 5.35. The van der Waals surface area contributed by atoms with E-state index >= 15 is 0 Å². The number of aliphatic imine (C=N–C) groups is 1. The van der Waals surface area contributed by atoms with Crippen LogP contribution in [0.2, 0.25) is 0 Å². The Balaban J connectivity index is 1.97. The van der Waals surface area contributed by atoms with E-state index in [1.165, 1.54) is 7.11 Å². The first-order chi connectivity index (χ1) is 10.5. The van der Waals surface area contributed by atoms with E-state index < -0.39 is 0 Å². The van der Waals surface area contributed by atoms with Crippen LogP contribution in [-0.4, -0.2) is 49.1 Å². The van der Waals surface area contributed by atoms with Gasteiger partial charge in [0, 0.05) is 25.8 Å². The van der Waals surface area contributed by atoms with Crippen molar-refractivity contribution < 1.29 is 9.53 Å². The third-order valence-electron chi connectivity index (χ3n) is 4.00. The van der Waals surface area contributed by atoms with Crippen molar-refractivity contribution in [2.75, 3.05) is 27.2 Å². The van der Waals surface area contributed by atoms with Crippen molar-refractivity contribution in [1.82, 2.24) is 15.2 Å². The van der Waals surface area contributed by atoms with Gasteiger partial charge in [-0.05, 0) is 25.0 Å². The van der Waals surface area contributed by atoms with Gasteiger partial charge in [0.25, 0.3) is 0 Å². The fraction of sp³-hybridized carbons (Fsp3) is 0.562. The van der Waals surface area contributed by atoms with E-state index in [0.29, 0.717) is 13.1 Å². The van der Waals surface area contributed by atoms with Gasteiger partial charge in [-0.3, -0.25) is 14.8 Å². The Hall–Kier alpha value is -2.11. The lowest BCUT2D eigenvalue weighted by atomic mass is 9.99. The Morgan fingerprint density at radius 2 is 2.27 bits per heavy atom. The summed E-state index contributed by atoms with van der Waals surface area (Å²) in [5.74, 6) is 0.802. The molecule has 6 heteroatoms. The summed E-state index contributed by atoms with van der Waals surface area (Å²) in [6.07, 6.45) is 0. The third kappa shape index (κ3) is 3.75. The van der Waals surface area contributed by atoms with Crippen LogP contribution in [0.15, 0.2) is 23.2 Å². The molecule has 22 heavy (non-hydrogen) atoms. The summed E-state index contributed by atoms with van der Waals surface area (Å²) in [5.41, 5.74) is 1.97. The fourth-order valence-corrected chi connectivity index (χ4v) is 2.80. The van der Waals surface area contributed by atoms with Crippen LogP contribution in [0.5, 0.6) is 0 Å². The van der Waals surface area contributed by atoms with E-state index in [0.717, 1.165) is 23.9 Å². The average Bonchev–Trinajstić information content (AvgIpc) is 2.89. The van der Waals surface area contributed by atoms with Gasteiger partial charge in [0.2, 0.25) is 0 Å². The number of rotatable bonds is 3. The Morgan fingerprint density at radius 3 is 2.91 bits per heavy atom. The smallest absolute Gasteiger partial charge is 0.310 e. The van der Waals surface area contributed by atoms with Crippen molar-refractivity contribution >= 4 is 11.9 Å². The van der Waals surface area contributed by atoms with Crippen molar-refractivity contribution in [3.63, 3.8) is 0 Å². The number of carbonyl (C=O) groups excluding carboxylic acids is 1. The number of hydrogen-bond donors (Lipinski definition) is 1. The molecule has 0 aromatic carbocycles. The fourth-order valence-electron chi connectivity index (χ4n) is 2.80. The first-order valence-electron chi connectivity index (χ1n) is 7.51. The predicted molar refractivity (Wildman–Crippen MR) is 85.4 cm³/mol. The lowest BCUT2D eigenvalue weighted by Crippen LogP contribution is -2.40. The van der Waals surface area contributed by atoms with Crippen LogP contribution in [0, 0.1) is 18.8 Å². The van der Waals surface area contributed by atoms with Crippen LogP contribution in [-0.2, 0) is 16.1 Å². The zero-order chi connectivity index (χ0) is 16.1. The molecule has 0 aliphatic carbocycles.